The number of rotatable bonds is 3. The summed E-state index contributed by atoms with van der Waals surface area (Å²) in [5.41, 5.74) is 2.62. The molecule has 0 saturated heterocycles. The first-order valence-corrected chi connectivity index (χ1v) is 10.3. The number of aryl methyl sites for hydroxylation is 3. The number of ether oxygens (including phenoxy) is 1. The van der Waals surface area contributed by atoms with Crippen molar-refractivity contribution >= 4 is 17.4 Å². The maximum Gasteiger partial charge on any atom is 0.391 e. The first-order valence-electron chi connectivity index (χ1n) is 10.3. The molecule has 1 spiro atoms. The quantitative estimate of drug-likeness (QED) is 0.685. The summed E-state index contributed by atoms with van der Waals surface area (Å²) in [5.74, 6) is -2.56. The standard InChI is InChI=1S/C23H28F3NO3/c1-12(2)21(29)30-19-18(17-14(4)10-13(3)11-15(17)5)20(28)27-22(19)8-6-16(7-9-22)23(24,25)26/h10-12,16H,6-9H2,1-5H3,(H,27,28). The minimum absolute atomic E-state index is 0.0804. The summed E-state index contributed by atoms with van der Waals surface area (Å²) < 4.78 is 45.4. The molecule has 164 valence electrons. The van der Waals surface area contributed by atoms with Crippen molar-refractivity contribution in [2.75, 3.05) is 0 Å². The Kier molecular flexibility index (Phi) is 5.78. The second-order valence-corrected chi connectivity index (χ2v) is 8.91. The van der Waals surface area contributed by atoms with E-state index >= 15 is 0 Å². The van der Waals surface area contributed by atoms with Gasteiger partial charge in [-0.2, -0.15) is 13.2 Å². The first-order chi connectivity index (χ1) is 13.9. The third kappa shape index (κ3) is 3.98. The van der Waals surface area contributed by atoms with Gasteiger partial charge in [-0.25, -0.2) is 0 Å². The van der Waals surface area contributed by atoms with Crippen LogP contribution in [0.15, 0.2) is 17.9 Å². The van der Waals surface area contributed by atoms with E-state index in [1.165, 1.54) is 0 Å². The van der Waals surface area contributed by atoms with Crippen LogP contribution in [0.5, 0.6) is 0 Å². The van der Waals surface area contributed by atoms with Gasteiger partial charge in [-0.05, 0) is 63.1 Å². The molecule has 0 bridgehead atoms. The highest BCUT2D eigenvalue weighted by atomic mass is 19.4. The summed E-state index contributed by atoms with van der Waals surface area (Å²) in [6.45, 7) is 9.07. The number of carbonyl (C=O) groups is 2. The van der Waals surface area contributed by atoms with Gasteiger partial charge in [0.05, 0.1) is 22.9 Å². The van der Waals surface area contributed by atoms with Crippen LogP contribution in [0.25, 0.3) is 5.57 Å². The van der Waals surface area contributed by atoms with Gasteiger partial charge in [0.1, 0.15) is 5.76 Å². The van der Waals surface area contributed by atoms with Crippen molar-refractivity contribution in [3.8, 4) is 0 Å². The SMILES string of the molecule is Cc1cc(C)c(C2=C(OC(=O)C(C)C)C3(CCC(C(F)(F)F)CC3)NC2=O)c(C)c1. The van der Waals surface area contributed by atoms with Crippen molar-refractivity contribution in [2.45, 2.75) is 72.0 Å². The molecule has 7 heteroatoms. The van der Waals surface area contributed by atoms with Gasteiger partial charge in [-0.1, -0.05) is 31.5 Å². The van der Waals surface area contributed by atoms with Gasteiger partial charge in [-0.3, -0.25) is 9.59 Å². The van der Waals surface area contributed by atoms with Gasteiger partial charge in [0, 0.05) is 0 Å². The highest BCUT2D eigenvalue weighted by Gasteiger charge is 2.53. The predicted molar refractivity (Wildman–Crippen MR) is 107 cm³/mol. The fraction of sp³-hybridized carbons (Fsp3) is 0.565. The highest BCUT2D eigenvalue weighted by Crippen LogP contribution is 2.48. The molecule has 0 radical (unpaired) electrons. The Morgan fingerprint density at radius 1 is 1.13 bits per heavy atom. The number of hydrogen-bond donors (Lipinski definition) is 1. The van der Waals surface area contributed by atoms with Gasteiger partial charge in [0.15, 0.2) is 0 Å². The van der Waals surface area contributed by atoms with Crippen LogP contribution in [0, 0.1) is 32.6 Å². The molecular weight excluding hydrogens is 395 g/mol. The van der Waals surface area contributed by atoms with Gasteiger partial charge < -0.3 is 10.1 Å². The van der Waals surface area contributed by atoms with Crippen LogP contribution >= 0.6 is 0 Å². The predicted octanol–water partition coefficient (Wildman–Crippen LogP) is 5.14. The lowest BCUT2D eigenvalue weighted by molar-refractivity contribution is -0.185. The topological polar surface area (TPSA) is 55.4 Å². The Morgan fingerprint density at radius 3 is 2.13 bits per heavy atom. The number of esters is 1. The number of carbonyl (C=O) groups excluding carboxylic acids is 2. The zero-order chi connectivity index (χ0) is 22.4. The minimum Gasteiger partial charge on any atom is -0.427 e. The molecule has 1 N–H and O–H groups in total. The van der Waals surface area contributed by atoms with Gasteiger partial charge in [0.25, 0.3) is 5.91 Å². The fourth-order valence-electron chi connectivity index (χ4n) is 4.64. The van der Waals surface area contributed by atoms with Crippen LogP contribution in [-0.4, -0.2) is 23.6 Å². The molecule has 4 nitrogen and oxygen atoms in total. The molecule has 0 atom stereocenters. The van der Waals surface area contributed by atoms with Crippen LogP contribution in [0.4, 0.5) is 13.2 Å². The van der Waals surface area contributed by atoms with Gasteiger partial charge in [0.2, 0.25) is 0 Å². The largest absolute Gasteiger partial charge is 0.427 e. The van der Waals surface area contributed by atoms with Crippen LogP contribution in [0.3, 0.4) is 0 Å². The summed E-state index contributed by atoms with van der Waals surface area (Å²) in [6.07, 6.45) is -4.35. The summed E-state index contributed by atoms with van der Waals surface area (Å²) in [5, 5.41) is 2.90. The van der Waals surface area contributed by atoms with E-state index in [0.717, 1.165) is 16.7 Å². The Hall–Kier alpha value is -2.31. The number of halogens is 3. The Balaban J connectivity index is 2.12. The molecule has 1 amide bonds. The Bertz CT molecular complexity index is 884. The van der Waals surface area contributed by atoms with E-state index in [1.54, 1.807) is 13.8 Å². The Morgan fingerprint density at radius 2 is 1.67 bits per heavy atom. The van der Waals surface area contributed by atoms with E-state index in [2.05, 4.69) is 5.32 Å². The van der Waals surface area contributed by atoms with Crippen LogP contribution < -0.4 is 5.32 Å². The highest BCUT2D eigenvalue weighted by molar-refractivity contribution is 6.24. The number of amides is 1. The fourth-order valence-corrected chi connectivity index (χ4v) is 4.64. The van der Waals surface area contributed by atoms with E-state index in [4.69, 9.17) is 4.74 Å². The lowest BCUT2D eigenvalue weighted by Gasteiger charge is -2.38. The van der Waals surface area contributed by atoms with Crippen molar-refractivity contribution in [1.82, 2.24) is 5.32 Å². The third-order valence-corrected chi connectivity index (χ3v) is 6.14. The van der Waals surface area contributed by atoms with Crippen molar-refractivity contribution in [3.05, 3.63) is 40.1 Å². The average molecular weight is 423 g/mol. The number of benzene rings is 1. The summed E-state index contributed by atoms with van der Waals surface area (Å²) in [7, 11) is 0. The molecule has 1 aliphatic carbocycles. The summed E-state index contributed by atoms with van der Waals surface area (Å²) in [6, 6.07) is 3.88. The molecule has 1 aromatic carbocycles. The molecule has 0 unspecified atom stereocenters. The zero-order valence-corrected chi connectivity index (χ0v) is 18.0. The Labute approximate surface area is 174 Å². The molecule has 1 aliphatic heterocycles. The monoisotopic (exact) mass is 423 g/mol. The van der Waals surface area contributed by atoms with E-state index in [0.29, 0.717) is 5.56 Å². The first kappa shape index (κ1) is 22.4. The van der Waals surface area contributed by atoms with E-state index in [-0.39, 0.29) is 37.0 Å². The number of hydrogen-bond acceptors (Lipinski definition) is 3. The van der Waals surface area contributed by atoms with E-state index in [9.17, 15) is 22.8 Å². The molecule has 0 aromatic heterocycles. The van der Waals surface area contributed by atoms with Crippen LogP contribution in [0.1, 0.15) is 61.8 Å². The molecule has 3 rings (SSSR count). The molecule has 2 aliphatic rings. The maximum absolute atomic E-state index is 13.2. The number of nitrogens with one attached hydrogen (secondary N) is 1. The lowest BCUT2D eigenvalue weighted by atomic mass is 9.75. The third-order valence-electron chi connectivity index (χ3n) is 6.14. The van der Waals surface area contributed by atoms with Crippen LogP contribution in [-0.2, 0) is 14.3 Å². The molecule has 1 aromatic rings. The van der Waals surface area contributed by atoms with E-state index in [1.807, 2.05) is 32.9 Å². The van der Waals surface area contributed by atoms with Gasteiger partial charge in [-0.15, -0.1) is 0 Å². The van der Waals surface area contributed by atoms with Gasteiger partial charge >= 0.3 is 12.1 Å². The zero-order valence-electron chi connectivity index (χ0n) is 18.0. The van der Waals surface area contributed by atoms with Crippen LogP contribution in [0.2, 0.25) is 0 Å². The maximum atomic E-state index is 13.2. The van der Waals surface area contributed by atoms with E-state index < -0.39 is 35.4 Å². The molecule has 30 heavy (non-hydrogen) atoms. The van der Waals surface area contributed by atoms with Crippen molar-refractivity contribution in [3.63, 3.8) is 0 Å². The minimum atomic E-state index is -4.27. The average Bonchev–Trinajstić information content (AvgIpc) is 2.85. The molecule has 1 fully saturated rings. The molecule has 1 heterocycles. The summed E-state index contributed by atoms with van der Waals surface area (Å²) in [4.78, 5) is 25.6. The summed E-state index contributed by atoms with van der Waals surface area (Å²) >= 11 is 0. The normalized spacial score (nSPS) is 24.6. The number of alkyl halides is 3. The second-order valence-electron chi connectivity index (χ2n) is 8.91. The molecule has 1 saturated carbocycles. The lowest BCUT2D eigenvalue weighted by Crippen LogP contribution is -2.49. The van der Waals surface area contributed by atoms with Crippen molar-refractivity contribution < 1.29 is 27.5 Å². The second kappa shape index (κ2) is 7.75. The van der Waals surface area contributed by atoms with Crippen molar-refractivity contribution in [1.29, 1.82) is 0 Å². The smallest absolute Gasteiger partial charge is 0.391 e. The molecular formula is C23H28F3NO3. The van der Waals surface area contributed by atoms with Crippen molar-refractivity contribution in [2.24, 2.45) is 11.8 Å².